The van der Waals surface area contributed by atoms with Gasteiger partial charge in [-0.15, -0.1) is 0 Å². The minimum absolute atomic E-state index is 0.334. The first-order valence-electron chi connectivity index (χ1n) is 4.14. The summed E-state index contributed by atoms with van der Waals surface area (Å²) in [5, 5.41) is 4.84. The number of hydrogen-bond acceptors (Lipinski definition) is 2. The second kappa shape index (κ2) is 3.46. The van der Waals surface area contributed by atoms with Gasteiger partial charge in [-0.05, 0) is 18.9 Å². The van der Waals surface area contributed by atoms with E-state index in [1.807, 2.05) is 4.68 Å². The summed E-state index contributed by atoms with van der Waals surface area (Å²) in [4.78, 5) is 0. The van der Waals surface area contributed by atoms with Crippen LogP contribution >= 0.6 is 11.6 Å². The zero-order chi connectivity index (χ0) is 8.39. The van der Waals surface area contributed by atoms with Gasteiger partial charge in [-0.2, -0.15) is 5.10 Å². The van der Waals surface area contributed by atoms with E-state index < -0.39 is 0 Å². The minimum atomic E-state index is 0.334. The van der Waals surface area contributed by atoms with Crippen LogP contribution < -0.4 is 0 Å². The minimum Gasteiger partial charge on any atom is -0.379 e. The lowest BCUT2D eigenvalue weighted by molar-refractivity contribution is 0.0550. The van der Waals surface area contributed by atoms with Crippen molar-refractivity contribution in [3.8, 4) is 0 Å². The van der Waals surface area contributed by atoms with Crippen molar-refractivity contribution in [2.75, 3.05) is 13.2 Å². The van der Waals surface area contributed by atoms with E-state index in [2.05, 4.69) is 5.10 Å². The van der Waals surface area contributed by atoms with Crippen LogP contribution in [0.1, 0.15) is 18.9 Å². The van der Waals surface area contributed by atoms with E-state index in [9.17, 15) is 0 Å². The van der Waals surface area contributed by atoms with Gasteiger partial charge >= 0.3 is 0 Å². The van der Waals surface area contributed by atoms with E-state index in [0.29, 0.717) is 11.2 Å². The highest BCUT2D eigenvalue weighted by atomic mass is 35.5. The summed E-state index contributed by atoms with van der Waals surface area (Å²) < 4.78 is 7.18. The van der Waals surface area contributed by atoms with Crippen LogP contribution in [-0.2, 0) is 4.74 Å². The maximum Gasteiger partial charge on any atom is 0.127 e. The van der Waals surface area contributed by atoms with Gasteiger partial charge in [0.25, 0.3) is 0 Å². The lowest BCUT2D eigenvalue weighted by Gasteiger charge is -2.22. The lowest BCUT2D eigenvalue weighted by Crippen LogP contribution is -2.22. The first-order chi connectivity index (χ1) is 5.88. The van der Waals surface area contributed by atoms with Crippen molar-refractivity contribution < 1.29 is 4.74 Å². The molecule has 1 aromatic rings. The smallest absolute Gasteiger partial charge is 0.127 e. The zero-order valence-electron chi connectivity index (χ0n) is 6.74. The van der Waals surface area contributed by atoms with E-state index in [1.165, 1.54) is 0 Å². The normalized spacial score (nSPS) is 24.2. The molecule has 0 saturated carbocycles. The molecule has 1 saturated heterocycles. The Hall–Kier alpha value is -0.540. The molecule has 1 aliphatic heterocycles. The van der Waals surface area contributed by atoms with Crippen LogP contribution in [0.4, 0.5) is 0 Å². The van der Waals surface area contributed by atoms with Crippen molar-refractivity contribution in [1.29, 1.82) is 0 Å². The highest BCUT2D eigenvalue weighted by molar-refractivity contribution is 6.29. The van der Waals surface area contributed by atoms with E-state index in [1.54, 1.807) is 12.3 Å². The van der Waals surface area contributed by atoms with Gasteiger partial charge in [-0.1, -0.05) is 11.6 Å². The van der Waals surface area contributed by atoms with Crippen LogP contribution in [0, 0.1) is 0 Å². The number of ether oxygens (including phenoxy) is 1. The monoisotopic (exact) mass is 186 g/mol. The molecule has 12 heavy (non-hydrogen) atoms. The number of nitrogens with zero attached hydrogens (tertiary/aromatic N) is 2. The molecule has 1 unspecified atom stereocenters. The predicted molar refractivity (Wildman–Crippen MR) is 46.3 cm³/mol. The van der Waals surface area contributed by atoms with Crippen molar-refractivity contribution in [1.82, 2.24) is 9.78 Å². The topological polar surface area (TPSA) is 27.1 Å². The van der Waals surface area contributed by atoms with Gasteiger partial charge in [-0.3, -0.25) is 0 Å². The van der Waals surface area contributed by atoms with Gasteiger partial charge in [-0.25, -0.2) is 4.68 Å². The van der Waals surface area contributed by atoms with E-state index in [0.717, 1.165) is 26.1 Å². The number of rotatable bonds is 1. The molecule has 1 aliphatic rings. The molecule has 0 bridgehead atoms. The van der Waals surface area contributed by atoms with Crippen molar-refractivity contribution in [3.05, 3.63) is 17.4 Å². The highest BCUT2D eigenvalue weighted by Gasteiger charge is 2.17. The SMILES string of the molecule is Clc1ccnn1C1CCCOC1. The Morgan fingerprint density at radius 1 is 1.67 bits per heavy atom. The Bertz CT molecular complexity index is 255. The quantitative estimate of drug-likeness (QED) is 0.670. The van der Waals surface area contributed by atoms with Gasteiger partial charge in [0.1, 0.15) is 5.15 Å². The van der Waals surface area contributed by atoms with Crippen LogP contribution in [0.3, 0.4) is 0 Å². The summed E-state index contributed by atoms with van der Waals surface area (Å²) in [7, 11) is 0. The van der Waals surface area contributed by atoms with Crippen molar-refractivity contribution in [2.45, 2.75) is 18.9 Å². The average Bonchev–Trinajstić information content (AvgIpc) is 2.53. The van der Waals surface area contributed by atoms with Gasteiger partial charge in [0.2, 0.25) is 0 Å². The molecule has 1 aromatic heterocycles. The summed E-state index contributed by atoms with van der Waals surface area (Å²) in [5.74, 6) is 0. The van der Waals surface area contributed by atoms with Crippen LogP contribution in [-0.4, -0.2) is 23.0 Å². The van der Waals surface area contributed by atoms with Crippen molar-refractivity contribution >= 4 is 11.6 Å². The van der Waals surface area contributed by atoms with E-state index in [4.69, 9.17) is 16.3 Å². The van der Waals surface area contributed by atoms with Crippen LogP contribution in [0.15, 0.2) is 12.3 Å². The Morgan fingerprint density at radius 3 is 3.17 bits per heavy atom. The summed E-state index contributed by atoms with van der Waals surface area (Å²) in [6.45, 7) is 1.61. The molecule has 0 amide bonds. The van der Waals surface area contributed by atoms with Crippen LogP contribution in [0.25, 0.3) is 0 Å². The second-order valence-electron chi connectivity index (χ2n) is 2.97. The number of hydrogen-bond donors (Lipinski definition) is 0. The standard InChI is InChI=1S/C8H11ClN2O/c9-8-3-4-10-11(8)7-2-1-5-12-6-7/h3-4,7H,1-2,5-6H2. The van der Waals surface area contributed by atoms with Crippen LogP contribution in [0.2, 0.25) is 5.15 Å². The first kappa shape index (κ1) is 8.08. The molecular formula is C8H11ClN2O. The molecule has 0 aliphatic carbocycles. The Balaban J connectivity index is 2.13. The Kier molecular flexibility index (Phi) is 2.33. The number of halogens is 1. The molecule has 0 aromatic carbocycles. The lowest BCUT2D eigenvalue weighted by atomic mass is 10.1. The van der Waals surface area contributed by atoms with Gasteiger partial charge in [0.05, 0.1) is 18.8 Å². The molecule has 0 spiro atoms. The highest BCUT2D eigenvalue weighted by Crippen LogP contribution is 2.22. The van der Waals surface area contributed by atoms with Gasteiger partial charge in [0.15, 0.2) is 0 Å². The first-order valence-corrected chi connectivity index (χ1v) is 4.52. The third kappa shape index (κ3) is 1.47. The summed E-state index contributed by atoms with van der Waals surface area (Å²) >= 11 is 5.92. The molecule has 3 nitrogen and oxygen atoms in total. The maximum atomic E-state index is 5.92. The fourth-order valence-corrected chi connectivity index (χ4v) is 1.72. The van der Waals surface area contributed by atoms with Crippen LogP contribution in [0.5, 0.6) is 0 Å². The molecule has 1 fully saturated rings. The van der Waals surface area contributed by atoms with Crippen molar-refractivity contribution in [3.63, 3.8) is 0 Å². The predicted octanol–water partition coefficient (Wildman–Crippen LogP) is 1.89. The van der Waals surface area contributed by atoms with E-state index >= 15 is 0 Å². The molecule has 2 rings (SSSR count). The molecule has 2 heterocycles. The third-order valence-corrected chi connectivity index (χ3v) is 2.40. The summed E-state index contributed by atoms with van der Waals surface area (Å²) in [5.41, 5.74) is 0. The second-order valence-corrected chi connectivity index (χ2v) is 3.36. The molecule has 66 valence electrons. The molecular weight excluding hydrogens is 176 g/mol. The molecule has 1 atom stereocenters. The fourth-order valence-electron chi connectivity index (χ4n) is 1.48. The Labute approximate surface area is 76.3 Å². The molecule has 4 heteroatoms. The number of aromatic nitrogens is 2. The maximum absolute atomic E-state index is 5.92. The van der Waals surface area contributed by atoms with Gasteiger partial charge < -0.3 is 4.74 Å². The largest absolute Gasteiger partial charge is 0.379 e. The summed E-state index contributed by atoms with van der Waals surface area (Å²) in [6, 6.07) is 2.14. The fraction of sp³-hybridized carbons (Fsp3) is 0.625. The van der Waals surface area contributed by atoms with Crippen molar-refractivity contribution in [2.24, 2.45) is 0 Å². The molecule has 0 radical (unpaired) electrons. The Morgan fingerprint density at radius 2 is 2.58 bits per heavy atom. The molecule has 0 N–H and O–H groups in total. The van der Waals surface area contributed by atoms with E-state index in [-0.39, 0.29) is 0 Å². The average molecular weight is 187 g/mol. The summed E-state index contributed by atoms with van der Waals surface area (Å²) in [6.07, 6.45) is 3.93. The van der Waals surface area contributed by atoms with Gasteiger partial charge in [0, 0.05) is 6.61 Å². The zero-order valence-corrected chi connectivity index (χ0v) is 7.50. The third-order valence-electron chi connectivity index (χ3n) is 2.10.